The first kappa shape index (κ1) is 20.8. The van der Waals surface area contributed by atoms with Crippen molar-refractivity contribution in [3.63, 3.8) is 0 Å². The molecule has 2 N–H and O–H groups in total. The topological polar surface area (TPSA) is 31.6 Å². The second-order valence-electron chi connectivity index (χ2n) is 7.43. The summed E-state index contributed by atoms with van der Waals surface area (Å²) in [5.41, 5.74) is 1.29. The molecule has 4 aromatic rings. The van der Waals surface area contributed by atoms with Gasteiger partial charge in [-0.2, -0.15) is 0 Å². The van der Waals surface area contributed by atoms with Crippen LogP contribution in [0.4, 0.5) is 17.6 Å². The molecule has 5 rings (SSSR count). The van der Waals surface area contributed by atoms with Crippen molar-refractivity contribution in [2.24, 2.45) is 0 Å². The summed E-state index contributed by atoms with van der Waals surface area (Å²) in [5, 5.41) is 0. The van der Waals surface area contributed by atoms with E-state index in [4.69, 9.17) is 0 Å². The molecule has 2 aromatic heterocycles. The summed E-state index contributed by atoms with van der Waals surface area (Å²) < 4.78 is 62.2. The third-order valence-corrected chi connectivity index (χ3v) is 10.1. The Morgan fingerprint density at radius 1 is 0.688 bits per heavy atom. The average Bonchev–Trinajstić information content (AvgIpc) is 3.56. The van der Waals surface area contributed by atoms with E-state index in [9.17, 15) is 0 Å². The Kier molecular flexibility index (Phi) is 5.49. The van der Waals surface area contributed by atoms with Crippen molar-refractivity contribution in [1.29, 1.82) is 0 Å². The van der Waals surface area contributed by atoms with Crippen LogP contribution in [0.2, 0.25) is 0 Å². The van der Waals surface area contributed by atoms with Gasteiger partial charge in [0.2, 0.25) is 0 Å². The number of aromatic amines is 2. The summed E-state index contributed by atoms with van der Waals surface area (Å²) in [4.78, 5) is 5.83. The SMILES string of the molecule is Fc1ccc(-c2ccc[nH]2)c(F)[c]1[Ti]([C]1=CC=CC1)[c]1c(F)ccc(-c2ccc[nH]2)c1F. The molecular weight excluding hydrogens is 452 g/mol. The van der Waals surface area contributed by atoms with Gasteiger partial charge in [0.15, 0.2) is 0 Å². The molecule has 0 fully saturated rings. The van der Waals surface area contributed by atoms with Gasteiger partial charge in [-0.05, 0) is 0 Å². The Morgan fingerprint density at radius 2 is 1.22 bits per heavy atom. The molecule has 32 heavy (non-hydrogen) atoms. The van der Waals surface area contributed by atoms with Gasteiger partial charge in [0, 0.05) is 0 Å². The predicted octanol–water partition coefficient (Wildman–Crippen LogP) is 5.65. The zero-order chi connectivity index (χ0) is 22.2. The molecule has 2 heterocycles. The van der Waals surface area contributed by atoms with Gasteiger partial charge in [-0.3, -0.25) is 0 Å². The van der Waals surface area contributed by atoms with E-state index in [-0.39, 0.29) is 18.9 Å². The van der Waals surface area contributed by atoms with Crippen LogP contribution in [0.15, 0.2) is 83.0 Å². The van der Waals surface area contributed by atoms with Crippen molar-refractivity contribution < 1.29 is 35.4 Å². The van der Waals surface area contributed by atoms with E-state index in [0.29, 0.717) is 21.7 Å². The second-order valence-corrected chi connectivity index (χ2v) is 11.2. The van der Waals surface area contributed by atoms with Crippen LogP contribution in [0.5, 0.6) is 0 Å². The van der Waals surface area contributed by atoms with Gasteiger partial charge >= 0.3 is 188 Å². The Bertz CT molecular complexity index is 1250. The molecule has 0 amide bonds. The number of rotatable bonds is 5. The number of nitrogens with one attached hydrogen (secondary N) is 2. The van der Waals surface area contributed by atoms with E-state index in [0.717, 1.165) is 0 Å². The van der Waals surface area contributed by atoms with Crippen LogP contribution in [0.3, 0.4) is 0 Å². The molecule has 1 aliphatic rings. The Labute approximate surface area is 188 Å². The van der Waals surface area contributed by atoms with Crippen molar-refractivity contribution in [2.75, 3.05) is 0 Å². The third kappa shape index (κ3) is 3.49. The molecule has 159 valence electrons. The predicted molar refractivity (Wildman–Crippen MR) is 113 cm³/mol. The number of hydrogen-bond donors (Lipinski definition) is 2. The monoisotopic (exact) mass is 469 g/mol. The van der Waals surface area contributed by atoms with Gasteiger partial charge in [-0.15, -0.1) is 0 Å². The molecule has 0 bridgehead atoms. The normalized spacial score (nSPS) is 12.9. The zero-order valence-corrected chi connectivity index (χ0v) is 18.3. The van der Waals surface area contributed by atoms with Crippen molar-refractivity contribution in [1.82, 2.24) is 9.97 Å². The van der Waals surface area contributed by atoms with Crippen LogP contribution < -0.4 is 7.74 Å². The molecule has 2 nitrogen and oxygen atoms in total. The van der Waals surface area contributed by atoms with Gasteiger partial charge in [0.05, 0.1) is 0 Å². The molecule has 7 heteroatoms. The Hall–Kier alpha value is -3.09. The van der Waals surface area contributed by atoms with Crippen molar-refractivity contribution >= 4 is 7.74 Å². The number of allylic oxidation sites excluding steroid dienone is 4. The van der Waals surface area contributed by atoms with E-state index in [1.165, 1.54) is 24.3 Å². The standard InChI is InChI=1S/2C10H6F2N.C5H5.Ti/c2*11-7-3-4-8(9(12)6-7)10-2-1-5-13-10;1-2-4-5-3-1;/h2*1-5,13H;1-3H,4H2;. The molecule has 0 unspecified atom stereocenters. The van der Waals surface area contributed by atoms with Crippen LogP contribution in [-0.2, 0) is 17.9 Å². The molecule has 0 saturated heterocycles. The Morgan fingerprint density at radius 3 is 1.62 bits per heavy atom. The Balaban J connectivity index is 1.77. The van der Waals surface area contributed by atoms with Crippen molar-refractivity contribution in [3.05, 3.63) is 106 Å². The fourth-order valence-electron chi connectivity index (χ4n) is 4.05. The van der Waals surface area contributed by atoms with Crippen molar-refractivity contribution in [2.45, 2.75) is 6.42 Å². The van der Waals surface area contributed by atoms with E-state index >= 15 is 17.6 Å². The summed E-state index contributed by atoms with van der Waals surface area (Å²) in [7, 11) is 0. The molecule has 0 spiro atoms. The number of H-pyrrole nitrogens is 2. The van der Waals surface area contributed by atoms with Crippen molar-refractivity contribution in [3.8, 4) is 22.5 Å². The van der Waals surface area contributed by atoms with E-state index in [1.54, 1.807) is 48.8 Å². The maximum absolute atomic E-state index is 15.8. The molecule has 0 radical (unpaired) electrons. The molecular formula is C25H17F4N2Ti. The molecule has 2 aromatic carbocycles. The summed E-state index contributed by atoms with van der Waals surface area (Å²) >= 11 is -3.53. The van der Waals surface area contributed by atoms with Crippen LogP contribution in [0.1, 0.15) is 6.42 Å². The van der Waals surface area contributed by atoms with E-state index < -0.39 is 41.1 Å². The zero-order valence-electron chi connectivity index (χ0n) is 16.7. The average molecular weight is 469 g/mol. The van der Waals surface area contributed by atoms with E-state index in [1.807, 2.05) is 6.08 Å². The van der Waals surface area contributed by atoms with Gasteiger partial charge in [-0.1, -0.05) is 0 Å². The van der Waals surface area contributed by atoms with Gasteiger partial charge < -0.3 is 0 Å². The van der Waals surface area contributed by atoms with Gasteiger partial charge in [0.1, 0.15) is 0 Å². The van der Waals surface area contributed by atoms with Crippen LogP contribution in [0.25, 0.3) is 22.5 Å². The first-order valence-corrected chi connectivity index (χ1v) is 12.4. The first-order valence-electron chi connectivity index (χ1n) is 10.0. The summed E-state index contributed by atoms with van der Waals surface area (Å²) in [5.74, 6) is -3.13. The molecule has 0 saturated carbocycles. The number of halogens is 4. The summed E-state index contributed by atoms with van der Waals surface area (Å²) in [6.45, 7) is 0. The maximum atomic E-state index is 15.8. The fraction of sp³-hybridized carbons (Fsp3) is 0.0400. The molecule has 0 aliphatic heterocycles. The number of benzene rings is 2. The number of aromatic nitrogens is 2. The minimum atomic E-state index is -3.53. The quantitative estimate of drug-likeness (QED) is 0.280. The third-order valence-electron chi connectivity index (χ3n) is 5.55. The van der Waals surface area contributed by atoms with Gasteiger partial charge in [-0.25, -0.2) is 0 Å². The fourth-order valence-corrected chi connectivity index (χ4v) is 8.47. The first-order chi connectivity index (χ1) is 15.6. The molecule has 1 aliphatic carbocycles. The summed E-state index contributed by atoms with van der Waals surface area (Å²) in [6.07, 6.45) is 9.01. The van der Waals surface area contributed by atoms with Crippen LogP contribution in [-0.4, -0.2) is 9.97 Å². The van der Waals surface area contributed by atoms with Gasteiger partial charge in [0.25, 0.3) is 0 Å². The van der Waals surface area contributed by atoms with Crippen LogP contribution in [0, 0.1) is 23.3 Å². The number of hydrogen-bond acceptors (Lipinski definition) is 0. The van der Waals surface area contributed by atoms with Crippen LogP contribution >= 0.6 is 0 Å². The molecule has 0 atom stereocenters. The minimum absolute atomic E-state index is 0.171. The summed E-state index contributed by atoms with van der Waals surface area (Å²) in [6, 6.07) is 11.8. The second kappa shape index (κ2) is 8.45. The van der Waals surface area contributed by atoms with E-state index in [2.05, 4.69) is 9.97 Å².